The highest BCUT2D eigenvalue weighted by Gasteiger charge is 2.12. The van der Waals surface area contributed by atoms with Crippen molar-refractivity contribution in [2.24, 2.45) is 0 Å². The van der Waals surface area contributed by atoms with Gasteiger partial charge in [0.1, 0.15) is 11.5 Å². The lowest BCUT2D eigenvalue weighted by molar-refractivity contribution is 0.343. The molecule has 1 heterocycles. The first-order valence-electron chi connectivity index (χ1n) is 8.15. The molecule has 0 aliphatic rings. The minimum Gasteiger partial charge on any atom is -0.496 e. The van der Waals surface area contributed by atoms with Crippen molar-refractivity contribution in [3.63, 3.8) is 0 Å². The minimum atomic E-state index is 0.581. The fraction of sp³-hybridized carbons (Fsp3) is 0.263. The number of aryl methyl sites for hydroxylation is 2. The Hall–Kier alpha value is -2.18. The van der Waals surface area contributed by atoms with Gasteiger partial charge in [0.25, 0.3) is 0 Å². The maximum Gasteiger partial charge on any atom is 0.208 e. The Kier molecular flexibility index (Phi) is 6.06. The molecule has 3 rings (SSSR count). The van der Waals surface area contributed by atoms with Gasteiger partial charge in [0.2, 0.25) is 5.16 Å². The van der Waals surface area contributed by atoms with E-state index in [0.29, 0.717) is 28.4 Å². The number of rotatable bonds is 7. The lowest BCUT2D eigenvalue weighted by Gasteiger charge is -2.07. The molecule has 0 saturated heterocycles. The summed E-state index contributed by atoms with van der Waals surface area (Å²) in [6, 6.07) is 11.6. The lowest BCUT2D eigenvalue weighted by Crippen LogP contribution is -2.00. The molecule has 136 valence electrons. The number of halogens is 1. The van der Waals surface area contributed by atoms with Crippen molar-refractivity contribution in [3.8, 4) is 22.9 Å². The molecule has 0 amide bonds. The van der Waals surface area contributed by atoms with Gasteiger partial charge in [-0.2, -0.15) is 0 Å². The quantitative estimate of drug-likeness (QED) is 0.459. The predicted octanol–water partition coefficient (Wildman–Crippen LogP) is 4.92. The van der Waals surface area contributed by atoms with Gasteiger partial charge in [-0.25, -0.2) is 4.98 Å². The van der Waals surface area contributed by atoms with E-state index in [-0.39, 0.29) is 0 Å². The number of aromatic nitrogens is 3. The maximum atomic E-state index is 6.07. The van der Waals surface area contributed by atoms with E-state index in [9.17, 15) is 0 Å². The van der Waals surface area contributed by atoms with Crippen LogP contribution in [0, 0.1) is 13.8 Å². The summed E-state index contributed by atoms with van der Waals surface area (Å²) in [5.41, 5.74) is 3.18. The smallest absolute Gasteiger partial charge is 0.208 e. The minimum absolute atomic E-state index is 0.581. The number of methoxy groups -OCH3 is 1. The molecule has 3 aromatic rings. The van der Waals surface area contributed by atoms with E-state index < -0.39 is 0 Å². The van der Waals surface area contributed by atoms with Crippen LogP contribution in [0.1, 0.15) is 11.1 Å². The molecule has 7 heteroatoms. The summed E-state index contributed by atoms with van der Waals surface area (Å²) in [6.45, 7) is 4.71. The number of nitrogens with zero attached hydrogens (tertiary/aromatic N) is 2. The topological polar surface area (TPSA) is 60.0 Å². The van der Waals surface area contributed by atoms with Gasteiger partial charge in [0.05, 0.1) is 19.3 Å². The zero-order valence-corrected chi connectivity index (χ0v) is 16.4. The second-order valence-electron chi connectivity index (χ2n) is 5.83. The van der Waals surface area contributed by atoms with Crippen molar-refractivity contribution >= 4 is 23.4 Å². The van der Waals surface area contributed by atoms with Crippen LogP contribution in [0.3, 0.4) is 0 Å². The van der Waals surface area contributed by atoms with Crippen LogP contribution in [0.5, 0.6) is 11.5 Å². The molecule has 5 nitrogen and oxygen atoms in total. The second-order valence-corrected chi connectivity index (χ2v) is 7.33. The number of hydrogen-bond acceptors (Lipinski definition) is 5. The highest BCUT2D eigenvalue weighted by molar-refractivity contribution is 7.99. The third-order valence-electron chi connectivity index (χ3n) is 3.66. The van der Waals surface area contributed by atoms with Gasteiger partial charge in [-0.3, -0.25) is 5.10 Å². The molecule has 0 unspecified atom stereocenters. The van der Waals surface area contributed by atoms with Crippen molar-refractivity contribution in [2.75, 3.05) is 19.5 Å². The van der Waals surface area contributed by atoms with E-state index in [0.717, 1.165) is 17.1 Å². The molecule has 0 aliphatic heterocycles. The number of hydrogen-bond donors (Lipinski definition) is 1. The van der Waals surface area contributed by atoms with Crippen LogP contribution in [0.4, 0.5) is 0 Å². The first-order chi connectivity index (χ1) is 12.5. The zero-order chi connectivity index (χ0) is 18.5. The van der Waals surface area contributed by atoms with Crippen molar-refractivity contribution in [1.29, 1.82) is 0 Å². The fourth-order valence-electron chi connectivity index (χ4n) is 2.61. The molecule has 0 bridgehead atoms. The van der Waals surface area contributed by atoms with E-state index in [1.165, 1.54) is 22.9 Å². The van der Waals surface area contributed by atoms with Crippen LogP contribution in [-0.2, 0) is 0 Å². The van der Waals surface area contributed by atoms with Crippen LogP contribution in [0.25, 0.3) is 11.4 Å². The Morgan fingerprint density at radius 1 is 1.12 bits per heavy atom. The average molecular weight is 390 g/mol. The van der Waals surface area contributed by atoms with Gasteiger partial charge >= 0.3 is 0 Å². The molecule has 26 heavy (non-hydrogen) atoms. The number of H-pyrrole nitrogens is 1. The number of ether oxygens (including phenoxy) is 2. The van der Waals surface area contributed by atoms with Crippen molar-refractivity contribution < 1.29 is 9.47 Å². The third kappa shape index (κ3) is 4.71. The molecular formula is C19H20ClN3O2S. The number of aromatic amines is 1. The van der Waals surface area contributed by atoms with Crippen LogP contribution in [0.15, 0.2) is 41.6 Å². The van der Waals surface area contributed by atoms with Crippen LogP contribution >= 0.6 is 23.4 Å². The predicted molar refractivity (Wildman–Crippen MR) is 106 cm³/mol. The second kappa shape index (κ2) is 8.47. The van der Waals surface area contributed by atoms with Gasteiger partial charge in [-0.15, -0.1) is 5.10 Å². The highest BCUT2D eigenvalue weighted by atomic mass is 35.5. The average Bonchev–Trinajstić information content (AvgIpc) is 3.06. The number of thioether (sulfide) groups is 1. The molecule has 1 aromatic heterocycles. The Morgan fingerprint density at radius 3 is 2.62 bits per heavy atom. The van der Waals surface area contributed by atoms with E-state index in [4.69, 9.17) is 21.1 Å². The Balaban J connectivity index is 1.58. The monoisotopic (exact) mass is 389 g/mol. The van der Waals surface area contributed by atoms with Crippen LogP contribution in [-0.4, -0.2) is 34.7 Å². The first kappa shape index (κ1) is 18.6. The largest absolute Gasteiger partial charge is 0.496 e. The van der Waals surface area contributed by atoms with E-state index in [1.807, 2.05) is 18.2 Å². The summed E-state index contributed by atoms with van der Waals surface area (Å²) < 4.78 is 11.2. The van der Waals surface area contributed by atoms with Crippen molar-refractivity contribution in [2.45, 2.75) is 19.0 Å². The molecule has 0 fully saturated rings. The van der Waals surface area contributed by atoms with E-state index in [2.05, 4.69) is 35.1 Å². The fourth-order valence-corrected chi connectivity index (χ4v) is 3.39. The first-order valence-corrected chi connectivity index (χ1v) is 9.52. The van der Waals surface area contributed by atoms with Crippen molar-refractivity contribution in [3.05, 3.63) is 52.5 Å². The van der Waals surface area contributed by atoms with Gasteiger partial charge in [0, 0.05) is 10.8 Å². The summed E-state index contributed by atoms with van der Waals surface area (Å²) in [6.07, 6.45) is 0. The molecule has 0 spiro atoms. The summed E-state index contributed by atoms with van der Waals surface area (Å²) in [5, 5.41) is 8.46. The third-order valence-corrected chi connectivity index (χ3v) is 4.71. The lowest BCUT2D eigenvalue weighted by atomic mass is 10.1. The number of benzene rings is 2. The Morgan fingerprint density at radius 2 is 1.88 bits per heavy atom. The summed E-state index contributed by atoms with van der Waals surface area (Å²) in [7, 11) is 1.61. The van der Waals surface area contributed by atoms with E-state index >= 15 is 0 Å². The molecule has 0 aliphatic carbocycles. The van der Waals surface area contributed by atoms with Gasteiger partial charge in [-0.05, 0) is 55.3 Å². The standard InChI is InChI=1S/C19H20ClN3O2S/c1-12-8-13(2)10-15(9-12)25-6-7-26-19-21-18(22-23-19)16-11-14(20)4-5-17(16)24-3/h4-5,8-11H,6-7H2,1-3H3,(H,21,22,23). The maximum absolute atomic E-state index is 6.07. The molecule has 0 atom stereocenters. The molecule has 1 N–H and O–H groups in total. The Bertz CT molecular complexity index is 878. The van der Waals surface area contributed by atoms with Gasteiger partial charge in [-0.1, -0.05) is 29.4 Å². The normalized spacial score (nSPS) is 10.8. The van der Waals surface area contributed by atoms with Crippen LogP contribution in [0.2, 0.25) is 5.02 Å². The molecule has 0 radical (unpaired) electrons. The zero-order valence-electron chi connectivity index (χ0n) is 14.9. The summed E-state index contributed by atoms with van der Waals surface area (Å²) in [5.74, 6) is 2.96. The van der Waals surface area contributed by atoms with Gasteiger partial charge < -0.3 is 9.47 Å². The SMILES string of the molecule is COc1ccc(Cl)cc1-c1nc(SCCOc2cc(C)cc(C)c2)n[nH]1. The van der Waals surface area contributed by atoms with Gasteiger partial charge in [0.15, 0.2) is 5.82 Å². The molecule has 0 saturated carbocycles. The summed E-state index contributed by atoms with van der Waals surface area (Å²) >= 11 is 7.60. The highest BCUT2D eigenvalue weighted by Crippen LogP contribution is 2.31. The Labute approximate surface area is 162 Å². The van der Waals surface area contributed by atoms with Crippen molar-refractivity contribution in [1.82, 2.24) is 15.2 Å². The van der Waals surface area contributed by atoms with E-state index in [1.54, 1.807) is 19.2 Å². The number of nitrogens with one attached hydrogen (secondary N) is 1. The summed E-state index contributed by atoms with van der Waals surface area (Å²) in [4.78, 5) is 4.51. The molecular weight excluding hydrogens is 370 g/mol. The molecule has 2 aromatic carbocycles. The van der Waals surface area contributed by atoms with Crippen LogP contribution < -0.4 is 9.47 Å².